The number of benzene rings is 2. The van der Waals surface area contributed by atoms with E-state index in [9.17, 15) is 9.59 Å². The quantitative estimate of drug-likeness (QED) is 0.183. The third-order valence-electron chi connectivity index (χ3n) is 6.62. The number of fused-ring (bicyclic) bond motifs is 1. The molecule has 200 valence electrons. The molecule has 5 rings (SSSR count). The Morgan fingerprint density at radius 1 is 1.08 bits per heavy atom. The molecule has 1 aliphatic carbocycles. The van der Waals surface area contributed by atoms with Gasteiger partial charge in [-0.2, -0.15) is 0 Å². The van der Waals surface area contributed by atoms with Crippen LogP contribution in [0.1, 0.15) is 44.8 Å². The molecular formula is C30H31N5O2S2. The monoisotopic (exact) mass is 557 g/mol. The maximum absolute atomic E-state index is 13.3. The van der Waals surface area contributed by atoms with E-state index in [-0.39, 0.29) is 17.6 Å². The first-order chi connectivity index (χ1) is 19.0. The standard InChI is InChI=1S/C30H31N5O2S2/c1-3-17-35-27(22-15-13-20(2)14-16-22)33-34-30(35)38-19-25(36)32-29-26(23-11-7-8-12-24(23)39-29)28(37)31-18-21-9-5-4-6-10-21/h3-6,9-10,13-16H,1,7-8,11-12,17-19H2,2H3,(H,31,37)(H,32,36). The van der Waals surface area contributed by atoms with Crippen molar-refractivity contribution in [3.63, 3.8) is 0 Å². The zero-order valence-corrected chi connectivity index (χ0v) is 23.5. The zero-order valence-electron chi connectivity index (χ0n) is 21.9. The Labute approximate surface area is 236 Å². The van der Waals surface area contributed by atoms with Gasteiger partial charge in [0, 0.05) is 23.5 Å². The molecule has 0 bridgehead atoms. The van der Waals surface area contributed by atoms with Gasteiger partial charge in [0.2, 0.25) is 5.91 Å². The highest BCUT2D eigenvalue weighted by molar-refractivity contribution is 7.99. The molecule has 2 aromatic heterocycles. The van der Waals surface area contributed by atoms with Crippen molar-refractivity contribution in [2.24, 2.45) is 0 Å². The molecule has 2 N–H and O–H groups in total. The van der Waals surface area contributed by atoms with Crippen LogP contribution in [0.5, 0.6) is 0 Å². The summed E-state index contributed by atoms with van der Waals surface area (Å²) >= 11 is 2.85. The van der Waals surface area contributed by atoms with Crippen LogP contribution in [0.25, 0.3) is 11.4 Å². The second-order valence-electron chi connectivity index (χ2n) is 9.49. The fraction of sp³-hybridized carbons (Fsp3) is 0.267. The van der Waals surface area contributed by atoms with Gasteiger partial charge in [-0.25, -0.2) is 0 Å². The summed E-state index contributed by atoms with van der Waals surface area (Å²) in [5, 5.41) is 16.1. The number of aryl methyl sites for hydroxylation is 2. The van der Waals surface area contributed by atoms with Gasteiger partial charge in [0.25, 0.3) is 5.91 Å². The van der Waals surface area contributed by atoms with Crippen molar-refractivity contribution in [1.82, 2.24) is 20.1 Å². The van der Waals surface area contributed by atoms with Crippen LogP contribution in [0.2, 0.25) is 0 Å². The first kappa shape index (κ1) is 26.9. The molecule has 0 saturated heterocycles. The first-order valence-corrected chi connectivity index (χ1v) is 14.8. The van der Waals surface area contributed by atoms with E-state index in [1.54, 1.807) is 6.08 Å². The van der Waals surface area contributed by atoms with E-state index < -0.39 is 0 Å². The number of carbonyl (C=O) groups excluding carboxylic acids is 2. The van der Waals surface area contributed by atoms with Gasteiger partial charge in [0.1, 0.15) is 5.00 Å². The molecule has 2 amide bonds. The lowest BCUT2D eigenvalue weighted by Crippen LogP contribution is -2.25. The number of carbonyl (C=O) groups is 2. The minimum absolute atomic E-state index is 0.144. The molecule has 2 aromatic carbocycles. The SMILES string of the molecule is C=CCn1c(SCC(=O)Nc2sc3c(c2C(=O)NCc2ccccc2)CCCC3)nnc1-c1ccc(C)cc1. The lowest BCUT2D eigenvalue weighted by molar-refractivity contribution is -0.113. The summed E-state index contributed by atoms with van der Waals surface area (Å²) in [6, 6.07) is 17.9. The Morgan fingerprint density at radius 2 is 1.85 bits per heavy atom. The minimum Gasteiger partial charge on any atom is -0.348 e. The largest absolute Gasteiger partial charge is 0.348 e. The summed E-state index contributed by atoms with van der Waals surface area (Å²) in [5.74, 6) is 0.563. The van der Waals surface area contributed by atoms with Crippen molar-refractivity contribution in [1.29, 1.82) is 0 Å². The van der Waals surface area contributed by atoms with Crippen molar-refractivity contribution in [2.75, 3.05) is 11.1 Å². The summed E-state index contributed by atoms with van der Waals surface area (Å²) in [7, 11) is 0. The molecule has 0 fully saturated rings. The Bertz CT molecular complexity index is 1480. The third-order valence-corrected chi connectivity index (χ3v) is 8.79. The summed E-state index contributed by atoms with van der Waals surface area (Å²) in [5.41, 5.74) is 4.85. The summed E-state index contributed by atoms with van der Waals surface area (Å²) in [6.45, 7) is 6.88. The highest BCUT2D eigenvalue weighted by atomic mass is 32.2. The number of thioether (sulfide) groups is 1. The second kappa shape index (κ2) is 12.4. The van der Waals surface area contributed by atoms with Crippen LogP contribution in [0.3, 0.4) is 0 Å². The van der Waals surface area contributed by atoms with E-state index >= 15 is 0 Å². The first-order valence-electron chi connectivity index (χ1n) is 13.0. The van der Waals surface area contributed by atoms with E-state index in [0.717, 1.165) is 48.2 Å². The predicted molar refractivity (Wildman–Crippen MR) is 158 cm³/mol. The molecule has 4 aromatic rings. The molecular weight excluding hydrogens is 526 g/mol. The van der Waals surface area contributed by atoms with Gasteiger partial charge in [0.05, 0.1) is 11.3 Å². The van der Waals surface area contributed by atoms with Crippen LogP contribution in [-0.2, 0) is 30.7 Å². The lowest BCUT2D eigenvalue weighted by Gasteiger charge is -2.13. The number of anilines is 1. The summed E-state index contributed by atoms with van der Waals surface area (Å²) in [4.78, 5) is 27.6. The summed E-state index contributed by atoms with van der Waals surface area (Å²) < 4.78 is 1.96. The van der Waals surface area contributed by atoms with Crippen molar-refractivity contribution in [3.05, 3.63) is 94.4 Å². The number of thiophene rings is 1. The molecule has 0 saturated carbocycles. The van der Waals surface area contributed by atoms with Crippen molar-refractivity contribution < 1.29 is 9.59 Å². The van der Waals surface area contributed by atoms with Gasteiger partial charge in [-0.15, -0.1) is 28.1 Å². The van der Waals surface area contributed by atoms with Gasteiger partial charge in [-0.05, 0) is 43.7 Å². The second-order valence-corrected chi connectivity index (χ2v) is 11.5. The number of amides is 2. The van der Waals surface area contributed by atoms with Gasteiger partial charge in [0.15, 0.2) is 11.0 Å². The number of hydrogen-bond acceptors (Lipinski definition) is 6. The van der Waals surface area contributed by atoms with Crippen LogP contribution in [0, 0.1) is 6.92 Å². The van der Waals surface area contributed by atoms with Crippen LogP contribution in [0.15, 0.2) is 72.4 Å². The molecule has 7 nitrogen and oxygen atoms in total. The number of hydrogen-bond donors (Lipinski definition) is 2. The number of nitrogens with zero attached hydrogens (tertiary/aromatic N) is 3. The maximum atomic E-state index is 13.3. The molecule has 39 heavy (non-hydrogen) atoms. The van der Waals surface area contributed by atoms with Gasteiger partial charge in [-0.1, -0.05) is 78.0 Å². The molecule has 0 unspecified atom stereocenters. The zero-order chi connectivity index (χ0) is 27.2. The average molecular weight is 558 g/mol. The van der Waals surface area contributed by atoms with Crippen LogP contribution in [-0.4, -0.2) is 32.3 Å². The molecule has 0 aliphatic heterocycles. The number of nitrogens with one attached hydrogen (secondary N) is 2. The Hall–Kier alpha value is -3.69. The molecule has 1 aliphatic rings. The fourth-order valence-corrected chi connectivity index (χ4v) is 6.71. The number of rotatable bonds is 10. The van der Waals surface area contributed by atoms with E-state index in [1.807, 2.05) is 66.1 Å². The maximum Gasteiger partial charge on any atom is 0.254 e. The van der Waals surface area contributed by atoms with Gasteiger partial charge >= 0.3 is 0 Å². The van der Waals surface area contributed by atoms with Crippen LogP contribution < -0.4 is 10.6 Å². The fourth-order valence-electron chi connectivity index (χ4n) is 4.66. The lowest BCUT2D eigenvalue weighted by atomic mass is 9.95. The van der Waals surface area contributed by atoms with E-state index in [1.165, 1.54) is 33.5 Å². The average Bonchev–Trinajstić information content (AvgIpc) is 3.52. The number of allylic oxidation sites excluding steroid dienone is 1. The molecule has 2 heterocycles. The van der Waals surface area contributed by atoms with E-state index in [0.29, 0.717) is 28.8 Å². The van der Waals surface area contributed by atoms with Gasteiger partial charge < -0.3 is 10.6 Å². The van der Waals surface area contributed by atoms with E-state index in [2.05, 4.69) is 27.4 Å². The predicted octanol–water partition coefficient (Wildman–Crippen LogP) is 6.04. The van der Waals surface area contributed by atoms with Gasteiger partial charge in [-0.3, -0.25) is 14.2 Å². The van der Waals surface area contributed by atoms with Crippen molar-refractivity contribution >= 4 is 39.9 Å². The van der Waals surface area contributed by atoms with Crippen molar-refractivity contribution in [3.8, 4) is 11.4 Å². The summed E-state index contributed by atoms with van der Waals surface area (Å²) in [6.07, 6.45) is 5.74. The third kappa shape index (κ3) is 6.32. The highest BCUT2D eigenvalue weighted by Crippen LogP contribution is 2.38. The Morgan fingerprint density at radius 3 is 2.62 bits per heavy atom. The molecule has 0 atom stereocenters. The Kier molecular flexibility index (Phi) is 8.58. The normalized spacial score (nSPS) is 12.5. The smallest absolute Gasteiger partial charge is 0.254 e. The highest BCUT2D eigenvalue weighted by Gasteiger charge is 2.26. The Balaban J connectivity index is 1.30. The molecule has 0 radical (unpaired) electrons. The number of aromatic nitrogens is 3. The van der Waals surface area contributed by atoms with Crippen molar-refractivity contribution in [2.45, 2.75) is 50.9 Å². The molecule has 0 spiro atoms. The topological polar surface area (TPSA) is 88.9 Å². The van der Waals surface area contributed by atoms with Crippen LogP contribution in [0.4, 0.5) is 5.00 Å². The van der Waals surface area contributed by atoms with Crippen LogP contribution >= 0.6 is 23.1 Å². The minimum atomic E-state index is -0.180. The molecule has 9 heteroatoms. The van der Waals surface area contributed by atoms with E-state index in [4.69, 9.17) is 0 Å².